The Morgan fingerprint density at radius 3 is 2.75 bits per heavy atom. The molecule has 0 bridgehead atoms. The molecule has 138 valence electrons. The fourth-order valence-electron chi connectivity index (χ4n) is 3.41. The Balaban J connectivity index is 1.86. The monoisotopic (exact) mass is 339 g/mol. The van der Waals surface area contributed by atoms with E-state index in [0.29, 0.717) is 37.0 Å². The minimum absolute atomic E-state index is 0.130. The van der Waals surface area contributed by atoms with E-state index in [1.165, 1.54) is 6.42 Å². The van der Waals surface area contributed by atoms with E-state index in [1.807, 2.05) is 13.8 Å². The molecule has 0 saturated heterocycles. The molecule has 0 spiro atoms. The van der Waals surface area contributed by atoms with Crippen molar-refractivity contribution in [3.05, 3.63) is 11.7 Å². The van der Waals surface area contributed by atoms with Crippen LogP contribution in [0.3, 0.4) is 0 Å². The fraction of sp³-hybridized carbons (Fsp3) is 0.889. The molecule has 0 unspecified atom stereocenters. The molecular weight excluding hydrogens is 306 g/mol. The normalized spacial score (nSPS) is 24.1. The van der Waals surface area contributed by atoms with Crippen molar-refractivity contribution < 1.29 is 14.0 Å². The third kappa shape index (κ3) is 4.35. The van der Waals surface area contributed by atoms with Crippen LogP contribution in [0, 0.1) is 5.41 Å². The van der Waals surface area contributed by atoms with Gasteiger partial charge in [-0.15, -0.1) is 0 Å². The van der Waals surface area contributed by atoms with Crippen molar-refractivity contribution in [1.29, 1.82) is 0 Å². The Labute approximate surface area is 145 Å². The SMILES string of the molecule is CCCCO[C@@H]1C[C@@H](N(C)Cc2nc([C@H](C)OCC)no2)C1(C)C. The first-order valence-electron chi connectivity index (χ1n) is 9.16. The number of unbranched alkanes of at least 4 members (excludes halogenated alkanes) is 1. The van der Waals surface area contributed by atoms with E-state index in [9.17, 15) is 0 Å². The molecule has 6 heteroatoms. The first kappa shape index (κ1) is 19.3. The second kappa shape index (κ2) is 8.41. The van der Waals surface area contributed by atoms with E-state index >= 15 is 0 Å². The molecule has 6 nitrogen and oxygen atoms in total. The van der Waals surface area contributed by atoms with E-state index < -0.39 is 0 Å². The Morgan fingerprint density at radius 1 is 1.38 bits per heavy atom. The second-order valence-electron chi connectivity index (χ2n) is 7.34. The molecule has 1 aliphatic carbocycles. The Hall–Kier alpha value is -0.980. The molecule has 1 aliphatic rings. The van der Waals surface area contributed by atoms with Crippen molar-refractivity contribution >= 4 is 0 Å². The van der Waals surface area contributed by atoms with Crippen LogP contribution in [0.25, 0.3) is 0 Å². The summed E-state index contributed by atoms with van der Waals surface area (Å²) >= 11 is 0. The van der Waals surface area contributed by atoms with Crippen LogP contribution in [0.2, 0.25) is 0 Å². The lowest BCUT2D eigenvalue weighted by atomic mass is 9.64. The van der Waals surface area contributed by atoms with E-state index in [4.69, 9.17) is 14.0 Å². The molecule has 1 aromatic rings. The average molecular weight is 339 g/mol. The van der Waals surface area contributed by atoms with Crippen LogP contribution < -0.4 is 0 Å². The molecule has 1 aromatic heterocycles. The summed E-state index contributed by atoms with van der Waals surface area (Å²) in [6.45, 7) is 12.8. The summed E-state index contributed by atoms with van der Waals surface area (Å²) in [6, 6.07) is 0.462. The maximum absolute atomic E-state index is 6.03. The average Bonchev–Trinajstić information content (AvgIpc) is 2.98. The summed E-state index contributed by atoms with van der Waals surface area (Å²) in [4.78, 5) is 6.76. The van der Waals surface area contributed by atoms with E-state index in [1.54, 1.807) is 0 Å². The molecule has 1 fully saturated rings. The lowest BCUT2D eigenvalue weighted by Gasteiger charge is -2.54. The number of hydrogen-bond donors (Lipinski definition) is 0. The second-order valence-corrected chi connectivity index (χ2v) is 7.34. The van der Waals surface area contributed by atoms with Gasteiger partial charge in [0.1, 0.15) is 6.10 Å². The van der Waals surface area contributed by atoms with Gasteiger partial charge in [-0.25, -0.2) is 0 Å². The number of hydrogen-bond acceptors (Lipinski definition) is 6. The first-order valence-corrected chi connectivity index (χ1v) is 9.16. The smallest absolute Gasteiger partial charge is 0.240 e. The standard InChI is InChI=1S/C18H33N3O3/c1-7-9-10-23-15-11-14(18(15,4)5)21(6)12-16-19-17(20-24-16)13(3)22-8-2/h13-15H,7-12H2,1-6H3/t13-,14+,15+/m0/s1. The van der Waals surface area contributed by atoms with E-state index in [0.717, 1.165) is 19.4 Å². The number of ether oxygens (including phenoxy) is 2. The lowest BCUT2D eigenvalue weighted by Crippen LogP contribution is -2.61. The van der Waals surface area contributed by atoms with Crippen molar-refractivity contribution in [3.63, 3.8) is 0 Å². The van der Waals surface area contributed by atoms with Crippen LogP contribution in [0.5, 0.6) is 0 Å². The molecule has 3 atom stereocenters. The summed E-state index contributed by atoms with van der Waals surface area (Å²) in [5, 5.41) is 4.03. The van der Waals surface area contributed by atoms with Gasteiger partial charge in [0.25, 0.3) is 0 Å². The van der Waals surface area contributed by atoms with Gasteiger partial charge in [0, 0.05) is 24.7 Å². The van der Waals surface area contributed by atoms with Crippen LogP contribution in [0.4, 0.5) is 0 Å². The van der Waals surface area contributed by atoms with Gasteiger partial charge in [-0.05, 0) is 33.7 Å². The lowest BCUT2D eigenvalue weighted by molar-refractivity contribution is -0.150. The molecule has 0 aliphatic heterocycles. The predicted octanol–water partition coefficient (Wildman–Crippen LogP) is 3.58. The zero-order chi connectivity index (χ0) is 17.7. The van der Waals surface area contributed by atoms with Gasteiger partial charge in [0.05, 0.1) is 12.6 Å². The fourth-order valence-corrected chi connectivity index (χ4v) is 3.41. The maximum atomic E-state index is 6.03. The number of nitrogens with zero attached hydrogens (tertiary/aromatic N) is 3. The first-order chi connectivity index (χ1) is 11.4. The third-order valence-electron chi connectivity index (χ3n) is 5.12. The molecular formula is C18H33N3O3. The summed E-state index contributed by atoms with van der Waals surface area (Å²) < 4.78 is 16.9. The van der Waals surface area contributed by atoms with Crippen molar-refractivity contribution in [2.45, 2.75) is 78.7 Å². The van der Waals surface area contributed by atoms with Gasteiger partial charge < -0.3 is 14.0 Å². The van der Waals surface area contributed by atoms with Gasteiger partial charge in [-0.1, -0.05) is 32.3 Å². The highest BCUT2D eigenvalue weighted by Crippen LogP contribution is 2.45. The maximum Gasteiger partial charge on any atom is 0.240 e. The molecule has 0 amide bonds. The highest BCUT2D eigenvalue weighted by atomic mass is 16.5. The van der Waals surface area contributed by atoms with Crippen LogP contribution in [0.1, 0.15) is 71.7 Å². The molecule has 1 heterocycles. The Bertz CT molecular complexity index is 503. The summed E-state index contributed by atoms with van der Waals surface area (Å²) in [6.07, 6.45) is 3.58. The quantitative estimate of drug-likeness (QED) is 0.607. The van der Waals surface area contributed by atoms with Gasteiger partial charge in [-0.2, -0.15) is 4.98 Å². The zero-order valence-corrected chi connectivity index (χ0v) is 16.0. The summed E-state index contributed by atoms with van der Waals surface area (Å²) in [7, 11) is 2.12. The molecule has 0 N–H and O–H groups in total. The molecule has 0 aromatic carbocycles. The number of aromatic nitrogens is 2. The highest BCUT2D eigenvalue weighted by Gasteiger charge is 2.50. The molecule has 1 saturated carbocycles. The van der Waals surface area contributed by atoms with Crippen molar-refractivity contribution in [2.75, 3.05) is 20.3 Å². The van der Waals surface area contributed by atoms with Crippen molar-refractivity contribution in [1.82, 2.24) is 15.0 Å². The largest absolute Gasteiger partial charge is 0.378 e. The Morgan fingerprint density at radius 2 is 2.12 bits per heavy atom. The van der Waals surface area contributed by atoms with Crippen LogP contribution >= 0.6 is 0 Å². The van der Waals surface area contributed by atoms with Crippen LogP contribution in [0.15, 0.2) is 4.52 Å². The van der Waals surface area contributed by atoms with Crippen LogP contribution in [-0.2, 0) is 16.0 Å². The minimum atomic E-state index is -0.130. The summed E-state index contributed by atoms with van der Waals surface area (Å²) in [5.74, 6) is 1.26. The Kier molecular flexibility index (Phi) is 6.78. The zero-order valence-electron chi connectivity index (χ0n) is 16.0. The van der Waals surface area contributed by atoms with E-state index in [2.05, 4.69) is 42.9 Å². The molecule has 24 heavy (non-hydrogen) atoms. The van der Waals surface area contributed by atoms with Gasteiger partial charge in [0.2, 0.25) is 5.89 Å². The molecule has 2 rings (SSSR count). The highest BCUT2D eigenvalue weighted by molar-refractivity contribution is 5.04. The van der Waals surface area contributed by atoms with Gasteiger partial charge in [-0.3, -0.25) is 4.90 Å². The van der Waals surface area contributed by atoms with E-state index in [-0.39, 0.29) is 11.5 Å². The minimum Gasteiger partial charge on any atom is -0.378 e. The topological polar surface area (TPSA) is 60.6 Å². The molecule has 0 radical (unpaired) electrons. The number of rotatable bonds is 10. The third-order valence-corrected chi connectivity index (χ3v) is 5.12. The van der Waals surface area contributed by atoms with Crippen LogP contribution in [-0.4, -0.2) is 47.4 Å². The van der Waals surface area contributed by atoms with Gasteiger partial charge >= 0.3 is 0 Å². The van der Waals surface area contributed by atoms with Gasteiger partial charge in [0.15, 0.2) is 5.82 Å². The van der Waals surface area contributed by atoms with Crippen molar-refractivity contribution in [2.24, 2.45) is 5.41 Å². The van der Waals surface area contributed by atoms with Crippen molar-refractivity contribution in [3.8, 4) is 0 Å². The predicted molar refractivity (Wildman–Crippen MR) is 92.6 cm³/mol. The summed E-state index contributed by atoms with van der Waals surface area (Å²) in [5.41, 5.74) is 0.143.